The first-order valence-corrected chi connectivity index (χ1v) is 6.50. The van der Waals surface area contributed by atoms with Crippen molar-refractivity contribution in [3.8, 4) is 0 Å². The van der Waals surface area contributed by atoms with Crippen LogP contribution in [0.2, 0.25) is 0 Å². The van der Waals surface area contributed by atoms with Gasteiger partial charge in [-0.15, -0.1) is 12.6 Å². The second-order valence-electron chi connectivity index (χ2n) is 4.36. The Hall–Kier alpha value is -1.07. The highest BCUT2D eigenvalue weighted by atomic mass is 32.1. The third-order valence-electron chi connectivity index (χ3n) is 2.97. The van der Waals surface area contributed by atoms with Gasteiger partial charge >= 0.3 is 0 Å². The first-order valence-electron chi connectivity index (χ1n) is 6.05. The highest BCUT2D eigenvalue weighted by Crippen LogP contribution is 2.15. The van der Waals surface area contributed by atoms with E-state index >= 15 is 0 Å². The lowest BCUT2D eigenvalue weighted by Crippen LogP contribution is -2.35. The Morgan fingerprint density at radius 3 is 3.00 bits per heavy atom. The van der Waals surface area contributed by atoms with Gasteiger partial charge in [0.15, 0.2) is 0 Å². The van der Waals surface area contributed by atoms with Crippen molar-refractivity contribution in [3.05, 3.63) is 29.6 Å². The number of thiol groups is 1. The molecule has 0 bridgehead atoms. The Balaban J connectivity index is 1.88. The van der Waals surface area contributed by atoms with Gasteiger partial charge in [-0.1, -0.05) is 0 Å². The molecule has 1 aliphatic heterocycles. The van der Waals surface area contributed by atoms with Crippen LogP contribution in [0.3, 0.4) is 0 Å². The van der Waals surface area contributed by atoms with E-state index in [9.17, 15) is 9.18 Å². The number of hydrogen-bond donors (Lipinski definition) is 2. The first kappa shape index (κ1) is 13.4. The summed E-state index contributed by atoms with van der Waals surface area (Å²) in [5, 5.41) is 2.80. The number of nitrogens with one attached hydrogen (secondary N) is 1. The Kier molecular flexibility index (Phi) is 4.60. The number of benzene rings is 1. The number of hydrogen-bond acceptors (Lipinski definition) is 3. The molecule has 1 atom stereocenters. The van der Waals surface area contributed by atoms with Crippen LogP contribution in [0.1, 0.15) is 29.6 Å². The third kappa shape index (κ3) is 3.46. The average molecular weight is 269 g/mol. The Morgan fingerprint density at radius 1 is 1.50 bits per heavy atom. The molecule has 1 aromatic carbocycles. The molecular weight excluding hydrogens is 253 g/mol. The zero-order valence-electron chi connectivity index (χ0n) is 9.99. The molecule has 1 heterocycles. The number of rotatable bonds is 3. The lowest BCUT2D eigenvalue weighted by Gasteiger charge is -2.22. The van der Waals surface area contributed by atoms with Crippen molar-refractivity contribution in [1.29, 1.82) is 0 Å². The van der Waals surface area contributed by atoms with E-state index in [0.717, 1.165) is 25.9 Å². The van der Waals surface area contributed by atoms with E-state index in [2.05, 4.69) is 17.9 Å². The maximum absolute atomic E-state index is 13.0. The van der Waals surface area contributed by atoms with E-state index in [0.29, 0.717) is 12.1 Å². The second kappa shape index (κ2) is 6.20. The number of carbonyl (C=O) groups excluding carboxylic acids is 1. The summed E-state index contributed by atoms with van der Waals surface area (Å²) in [5.74, 6) is -0.648. The molecule has 3 nitrogen and oxygen atoms in total. The minimum Gasteiger partial charge on any atom is -0.376 e. The Morgan fingerprint density at radius 2 is 2.33 bits per heavy atom. The van der Waals surface area contributed by atoms with Gasteiger partial charge in [-0.2, -0.15) is 0 Å². The largest absolute Gasteiger partial charge is 0.376 e. The fourth-order valence-corrected chi connectivity index (χ4v) is 2.14. The summed E-state index contributed by atoms with van der Waals surface area (Å²) in [6.45, 7) is 1.26. The zero-order chi connectivity index (χ0) is 13.0. The predicted octanol–water partition coefficient (Wildman–Crippen LogP) is 2.41. The van der Waals surface area contributed by atoms with Gasteiger partial charge in [0.05, 0.1) is 6.10 Å². The molecule has 1 N–H and O–H groups in total. The van der Waals surface area contributed by atoms with Crippen LogP contribution < -0.4 is 5.32 Å². The van der Waals surface area contributed by atoms with E-state index in [1.165, 1.54) is 18.2 Å². The Bertz CT molecular complexity index is 433. The zero-order valence-corrected chi connectivity index (χ0v) is 10.9. The van der Waals surface area contributed by atoms with Crippen LogP contribution in [0.15, 0.2) is 23.1 Å². The van der Waals surface area contributed by atoms with Gasteiger partial charge in [-0.05, 0) is 37.5 Å². The van der Waals surface area contributed by atoms with Gasteiger partial charge in [0.1, 0.15) is 5.82 Å². The number of ether oxygens (including phenoxy) is 1. The lowest BCUT2D eigenvalue weighted by molar-refractivity contribution is 0.0169. The minimum absolute atomic E-state index is 0.0959. The summed E-state index contributed by atoms with van der Waals surface area (Å²) in [7, 11) is 0. The summed E-state index contributed by atoms with van der Waals surface area (Å²) in [4.78, 5) is 12.0. The number of carbonyl (C=O) groups is 1. The molecule has 0 spiro atoms. The second-order valence-corrected chi connectivity index (χ2v) is 4.85. The van der Waals surface area contributed by atoms with Crippen molar-refractivity contribution >= 4 is 18.5 Å². The quantitative estimate of drug-likeness (QED) is 0.827. The topological polar surface area (TPSA) is 38.3 Å². The maximum Gasteiger partial charge on any atom is 0.251 e. The highest BCUT2D eigenvalue weighted by molar-refractivity contribution is 7.80. The van der Waals surface area contributed by atoms with Crippen LogP contribution in [-0.4, -0.2) is 25.2 Å². The van der Waals surface area contributed by atoms with Crippen LogP contribution in [0.25, 0.3) is 0 Å². The first-order chi connectivity index (χ1) is 8.66. The molecule has 1 fully saturated rings. The molecular formula is C13H16FNO2S. The number of amides is 1. The minimum atomic E-state index is -0.425. The van der Waals surface area contributed by atoms with E-state index in [-0.39, 0.29) is 16.9 Å². The van der Waals surface area contributed by atoms with Gasteiger partial charge < -0.3 is 10.1 Å². The van der Waals surface area contributed by atoms with E-state index in [4.69, 9.17) is 4.74 Å². The standard InChI is InChI=1S/C13H16FNO2S/c14-11-5-4-9(7-12(11)18)13(16)15-8-10-3-1-2-6-17-10/h4-5,7,10,18H,1-3,6,8H2,(H,15,16). The van der Waals surface area contributed by atoms with Crippen LogP contribution in [0.5, 0.6) is 0 Å². The van der Waals surface area contributed by atoms with Gasteiger partial charge in [-0.3, -0.25) is 4.79 Å². The van der Waals surface area contributed by atoms with Crippen LogP contribution in [-0.2, 0) is 4.74 Å². The van der Waals surface area contributed by atoms with Crippen LogP contribution in [0, 0.1) is 5.82 Å². The van der Waals surface area contributed by atoms with Gasteiger partial charge in [0.25, 0.3) is 5.91 Å². The molecule has 1 saturated heterocycles. The molecule has 1 aliphatic rings. The van der Waals surface area contributed by atoms with Crippen LogP contribution >= 0.6 is 12.6 Å². The molecule has 1 amide bonds. The third-order valence-corrected chi connectivity index (χ3v) is 3.32. The van der Waals surface area contributed by atoms with Crippen LogP contribution in [0.4, 0.5) is 4.39 Å². The molecule has 98 valence electrons. The fourth-order valence-electron chi connectivity index (χ4n) is 1.93. The normalized spacial score (nSPS) is 19.6. The summed E-state index contributed by atoms with van der Waals surface area (Å²) in [5.41, 5.74) is 0.414. The fraction of sp³-hybridized carbons (Fsp3) is 0.462. The number of halogens is 1. The van der Waals surface area contributed by atoms with Crippen molar-refractivity contribution in [3.63, 3.8) is 0 Å². The van der Waals surface area contributed by atoms with E-state index < -0.39 is 5.82 Å². The molecule has 5 heteroatoms. The smallest absolute Gasteiger partial charge is 0.251 e. The van der Waals surface area contributed by atoms with Gasteiger partial charge in [0, 0.05) is 23.6 Å². The summed E-state index contributed by atoms with van der Waals surface area (Å²) in [6, 6.07) is 4.12. The lowest BCUT2D eigenvalue weighted by atomic mass is 10.1. The van der Waals surface area contributed by atoms with Crippen molar-refractivity contribution in [1.82, 2.24) is 5.32 Å². The molecule has 2 rings (SSSR count). The predicted molar refractivity (Wildman–Crippen MR) is 69.6 cm³/mol. The van der Waals surface area contributed by atoms with Crippen molar-refractivity contribution < 1.29 is 13.9 Å². The molecule has 0 radical (unpaired) electrons. The van der Waals surface area contributed by atoms with Gasteiger partial charge in [-0.25, -0.2) is 4.39 Å². The van der Waals surface area contributed by atoms with E-state index in [1.54, 1.807) is 0 Å². The summed E-state index contributed by atoms with van der Waals surface area (Å²) >= 11 is 3.95. The molecule has 1 aromatic rings. The average Bonchev–Trinajstić information content (AvgIpc) is 2.40. The van der Waals surface area contributed by atoms with Crippen molar-refractivity contribution in [2.45, 2.75) is 30.3 Å². The molecule has 0 saturated carbocycles. The SMILES string of the molecule is O=C(NCC1CCCCO1)c1ccc(F)c(S)c1. The van der Waals surface area contributed by atoms with E-state index in [1.807, 2.05) is 0 Å². The summed E-state index contributed by atoms with van der Waals surface area (Å²) < 4.78 is 18.5. The Labute approximate surface area is 111 Å². The highest BCUT2D eigenvalue weighted by Gasteiger charge is 2.15. The van der Waals surface area contributed by atoms with Gasteiger partial charge in [0.2, 0.25) is 0 Å². The van der Waals surface area contributed by atoms with Crippen molar-refractivity contribution in [2.24, 2.45) is 0 Å². The summed E-state index contributed by atoms with van der Waals surface area (Å²) in [6.07, 6.45) is 3.30. The van der Waals surface area contributed by atoms with Crippen molar-refractivity contribution in [2.75, 3.05) is 13.2 Å². The molecule has 0 aliphatic carbocycles. The molecule has 1 unspecified atom stereocenters. The molecule has 0 aromatic heterocycles. The monoisotopic (exact) mass is 269 g/mol. The molecule has 18 heavy (non-hydrogen) atoms. The maximum atomic E-state index is 13.0.